The van der Waals surface area contributed by atoms with Crippen LogP contribution in [0, 0.1) is 0 Å². The normalized spacial score (nSPS) is 56.5. The second kappa shape index (κ2) is 2.40. The van der Waals surface area contributed by atoms with Crippen molar-refractivity contribution >= 4 is 0 Å². The molecular weight excluding hydrogens is 152 g/mol. The lowest BCUT2D eigenvalue weighted by molar-refractivity contribution is -0.242. The molecule has 0 radical (unpaired) electrons. The molecule has 1 unspecified atom stereocenters. The molecule has 5 nitrogen and oxygen atoms in total. The van der Waals surface area contributed by atoms with E-state index in [-0.39, 0.29) is 6.61 Å². The van der Waals surface area contributed by atoms with E-state index in [0.717, 1.165) is 0 Å². The van der Waals surface area contributed by atoms with Crippen molar-refractivity contribution in [3.05, 3.63) is 0 Å². The average Bonchev–Trinajstić information content (AvgIpc) is 2.23. The Hall–Kier alpha value is -0.200. The number of ether oxygens (including phenoxy) is 2. The van der Waals surface area contributed by atoms with Crippen LogP contribution in [0.4, 0.5) is 0 Å². The molecular formula is C6H10O5. The first kappa shape index (κ1) is 7.45. The Morgan fingerprint density at radius 2 is 1.82 bits per heavy atom. The topological polar surface area (TPSA) is 79.2 Å². The molecule has 0 aromatic carbocycles. The summed E-state index contributed by atoms with van der Waals surface area (Å²) in [6, 6.07) is 0. The van der Waals surface area contributed by atoms with E-state index in [9.17, 15) is 10.2 Å². The molecule has 2 aliphatic heterocycles. The number of rotatable bonds is 0. The summed E-state index contributed by atoms with van der Waals surface area (Å²) in [6.07, 6.45) is -4.35. The van der Waals surface area contributed by atoms with Crippen molar-refractivity contribution in [1.29, 1.82) is 0 Å². The average molecular weight is 162 g/mol. The van der Waals surface area contributed by atoms with E-state index >= 15 is 0 Å². The van der Waals surface area contributed by atoms with E-state index in [4.69, 9.17) is 14.6 Å². The van der Waals surface area contributed by atoms with Crippen molar-refractivity contribution in [3.8, 4) is 0 Å². The molecule has 0 saturated carbocycles. The summed E-state index contributed by atoms with van der Waals surface area (Å²) >= 11 is 0. The Bertz CT molecular complexity index is 161. The van der Waals surface area contributed by atoms with Gasteiger partial charge in [0.1, 0.15) is 24.4 Å². The number of fused-ring (bicyclic) bond motifs is 2. The maximum absolute atomic E-state index is 9.28. The first-order valence-corrected chi connectivity index (χ1v) is 3.51. The molecule has 2 rings (SSSR count). The van der Waals surface area contributed by atoms with Crippen molar-refractivity contribution in [2.24, 2.45) is 0 Å². The molecule has 11 heavy (non-hydrogen) atoms. The fourth-order valence-corrected chi connectivity index (χ4v) is 1.46. The van der Waals surface area contributed by atoms with Gasteiger partial charge in [0.25, 0.3) is 0 Å². The Labute approximate surface area is 63.2 Å². The molecule has 0 aromatic heterocycles. The van der Waals surface area contributed by atoms with Gasteiger partial charge < -0.3 is 24.8 Å². The Balaban J connectivity index is 2.16. The second-order valence-corrected chi connectivity index (χ2v) is 2.84. The molecule has 0 spiro atoms. The molecule has 0 amide bonds. The minimum absolute atomic E-state index is 0.236. The molecule has 64 valence electrons. The zero-order chi connectivity index (χ0) is 8.01. The largest absolute Gasteiger partial charge is 0.387 e. The number of aliphatic hydroxyl groups is 3. The van der Waals surface area contributed by atoms with Gasteiger partial charge in [-0.1, -0.05) is 0 Å². The summed E-state index contributed by atoms with van der Waals surface area (Å²) in [4.78, 5) is 0. The van der Waals surface area contributed by atoms with Gasteiger partial charge in [0.05, 0.1) is 6.61 Å². The van der Waals surface area contributed by atoms with Crippen LogP contribution in [0.3, 0.4) is 0 Å². The van der Waals surface area contributed by atoms with Gasteiger partial charge in [-0.2, -0.15) is 0 Å². The molecule has 5 atom stereocenters. The molecule has 0 aliphatic carbocycles. The summed E-state index contributed by atoms with van der Waals surface area (Å²) in [5.74, 6) is 0. The van der Waals surface area contributed by atoms with E-state index in [1.54, 1.807) is 0 Å². The SMILES string of the molecule is OC1O[C@H]2CO[C@H]([C@@H]2O)[C@@H]1O. The lowest BCUT2D eigenvalue weighted by atomic mass is 10.0. The van der Waals surface area contributed by atoms with Crippen molar-refractivity contribution in [3.63, 3.8) is 0 Å². The van der Waals surface area contributed by atoms with Crippen LogP contribution >= 0.6 is 0 Å². The van der Waals surface area contributed by atoms with E-state index in [1.807, 2.05) is 0 Å². The minimum Gasteiger partial charge on any atom is -0.387 e. The summed E-state index contributed by atoms with van der Waals surface area (Å²) in [7, 11) is 0. The van der Waals surface area contributed by atoms with Crippen molar-refractivity contribution in [2.75, 3.05) is 6.61 Å². The van der Waals surface area contributed by atoms with Crippen LogP contribution in [0.15, 0.2) is 0 Å². The molecule has 0 aromatic rings. The van der Waals surface area contributed by atoms with Crippen molar-refractivity contribution in [1.82, 2.24) is 0 Å². The fraction of sp³-hybridized carbons (Fsp3) is 1.00. The maximum Gasteiger partial charge on any atom is 0.184 e. The Kier molecular flexibility index (Phi) is 1.62. The highest BCUT2D eigenvalue weighted by atomic mass is 16.7. The molecule has 2 fully saturated rings. The highest BCUT2D eigenvalue weighted by molar-refractivity contribution is 4.94. The zero-order valence-electron chi connectivity index (χ0n) is 5.75. The third kappa shape index (κ3) is 0.969. The second-order valence-electron chi connectivity index (χ2n) is 2.84. The lowest BCUT2D eigenvalue weighted by Gasteiger charge is -2.31. The third-order valence-corrected chi connectivity index (χ3v) is 2.11. The standard InChI is InChI=1S/C6H10O5/c7-3-2-1-10-5(3)4(8)6(9)11-2/h2-9H,1H2/t2-,3+,4-,5+,6?/m0/s1. The van der Waals surface area contributed by atoms with Gasteiger partial charge in [-0.25, -0.2) is 0 Å². The summed E-state index contributed by atoms with van der Waals surface area (Å²) < 4.78 is 9.82. The summed E-state index contributed by atoms with van der Waals surface area (Å²) in [5.41, 5.74) is 0. The number of hydrogen-bond donors (Lipinski definition) is 3. The Morgan fingerprint density at radius 1 is 1.09 bits per heavy atom. The van der Waals surface area contributed by atoms with Gasteiger partial charge >= 0.3 is 0 Å². The molecule has 2 bridgehead atoms. The highest BCUT2D eigenvalue weighted by Gasteiger charge is 2.49. The van der Waals surface area contributed by atoms with Gasteiger partial charge in [-0.15, -0.1) is 0 Å². The monoisotopic (exact) mass is 162 g/mol. The zero-order valence-corrected chi connectivity index (χ0v) is 5.75. The molecule has 2 heterocycles. The minimum atomic E-state index is -1.23. The van der Waals surface area contributed by atoms with Crippen LogP contribution in [-0.2, 0) is 9.47 Å². The predicted molar refractivity (Wildman–Crippen MR) is 32.6 cm³/mol. The van der Waals surface area contributed by atoms with Crippen LogP contribution in [0.1, 0.15) is 0 Å². The van der Waals surface area contributed by atoms with Crippen LogP contribution in [0.25, 0.3) is 0 Å². The van der Waals surface area contributed by atoms with Crippen LogP contribution in [0.2, 0.25) is 0 Å². The van der Waals surface area contributed by atoms with E-state index in [1.165, 1.54) is 0 Å². The number of hydrogen-bond acceptors (Lipinski definition) is 5. The van der Waals surface area contributed by atoms with Gasteiger partial charge in [-0.05, 0) is 0 Å². The van der Waals surface area contributed by atoms with Crippen LogP contribution in [0.5, 0.6) is 0 Å². The smallest absolute Gasteiger partial charge is 0.184 e. The van der Waals surface area contributed by atoms with Crippen LogP contribution in [-0.4, -0.2) is 52.6 Å². The first-order chi connectivity index (χ1) is 5.20. The van der Waals surface area contributed by atoms with Crippen molar-refractivity contribution < 1.29 is 24.8 Å². The van der Waals surface area contributed by atoms with Gasteiger partial charge in [0, 0.05) is 0 Å². The third-order valence-electron chi connectivity index (χ3n) is 2.11. The van der Waals surface area contributed by atoms with Gasteiger partial charge in [-0.3, -0.25) is 0 Å². The van der Waals surface area contributed by atoms with E-state index < -0.39 is 30.7 Å². The fourth-order valence-electron chi connectivity index (χ4n) is 1.46. The van der Waals surface area contributed by atoms with Crippen LogP contribution < -0.4 is 0 Å². The molecule has 5 heteroatoms. The maximum atomic E-state index is 9.28. The predicted octanol–water partition coefficient (Wildman–Crippen LogP) is -2.18. The lowest BCUT2D eigenvalue weighted by Crippen LogP contribution is -2.52. The molecule has 3 N–H and O–H groups in total. The molecule has 2 saturated heterocycles. The summed E-state index contributed by atoms with van der Waals surface area (Å²) in [5, 5.41) is 27.5. The van der Waals surface area contributed by atoms with Gasteiger partial charge in [0.15, 0.2) is 6.29 Å². The number of aliphatic hydroxyl groups excluding tert-OH is 3. The molecule has 2 aliphatic rings. The van der Waals surface area contributed by atoms with E-state index in [2.05, 4.69) is 0 Å². The van der Waals surface area contributed by atoms with Gasteiger partial charge in [0.2, 0.25) is 0 Å². The van der Waals surface area contributed by atoms with Crippen molar-refractivity contribution in [2.45, 2.75) is 30.7 Å². The van der Waals surface area contributed by atoms with E-state index in [0.29, 0.717) is 0 Å². The highest BCUT2D eigenvalue weighted by Crippen LogP contribution is 2.28. The quantitative estimate of drug-likeness (QED) is 0.377. The Morgan fingerprint density at radius 3 is 2.55 bits per heavy atom. The summed E-state index contributed by atoms with van der Waals surface area (Å²) in [6.45, 7) is 0.236. The first-order valence-electron chi connectivity index (χ1n) is 3.51.